The molecule has 0 saturated heterocycles. The van der Waals surface area contributed by atoms with Crippen LogP contribution in [0, 0.1) is 5.82 Å². The zero-order valence-corrected chi connectivity index (χ0v) is 18.5. The molecule has 31 heavy (non-hydrogen) atoms. The van der Waals surface area contributed by atoms with Gasteiger partial charge in [0.2, 0.25) is 0 Å². The van der Waals surface area contributed by atoms with Gasteiger partial charge in [-0.15, -0.1) is 0 Å². The van der Waals surface area contributed by atoms with Crippen LogP contribution < -0.4 is 10.6 Å². The van der Waals surface area contributed by atoms with Crippen LogP contribution in [0.3, 0.4) is 0 Å². The number of carbonyl (C=O) groups is 1. The maximum Gasteiger partial charge on any atom is 0.251 e. The average Bonchev–Trinajstić information content (AvgIpc) is 2.79. The van der Waals surface area contributed by atoms with Gasteiger partial charge in [-0.1, -0.05) is 31.4 Å². The summed E-state index contributed by atoms with van der Waals surface area (Å²) in [5.41, 5.74) is 1.50. The quantitative estimate of drug-likeness (QED) is 0.329. The summed E-state index contributed by atoms with van der Waals surface area (Å²) in [6.45, 7) is 0.835. The molecule has 1 aliphatic carbocycles. The third kappa shape index (κ3) is 7.61. The lowest BCUT2D eigenvalue weighted by Gasteiger charge is -2.23. The Morgan fingerprint density at radius 1 is 1.03 bits per heavy atom. The maximum atomic E-state index is 13.0. The van der Waals surface area contributed by atoms with Gasteiger partial charge in [-0.25, -0.2) is 4.39 Å². The van der Waals surface area contributed by atoms with E-state index in [4.69, 9.17) is 0 Å². The summed E-state index contributed by atoms with van der Waals surface area (Å²) >= 11 is 2.04. The molecule has 1 amide bonds. The molecule has 0 aliphatic heterocycles. The molecule has 0 atom stereocenters. The Hall–Kier alpha value is -1.93. The van der Waals surface area contributed by atoms with Crippen molar-refractivity contribution in [2.24, 2.45) is 0 Å². The summed E-state index contributed by atoms with van der Waals surface area (Å²) < 4.78 is 13.0. The molecule has 0 bridgehead atoms. The van der Waals surface area contributed by atoms with Crippen LogP contribution in [0.2, 0.25) is 0 Å². The number of carbonyl (C=O) groups excluding carboxylic acids is 1. The SMILES string of the molecule is O=C(NCCCSC1CCCCC1)c1ccc(CNC(O)(O)c2ccc(F)cc2)cc1. The van der Waals surface area contributed by atoms with Crippen molar-refractivity contribution in [2.45, 2.75) is 56.2 Å². The van der Waals surface area contributed by atoms with Crippen molar-refractivity contribution in [1.29, 1.82) is 0 Å². The number of hydrogen-bond donors (Lipinski definition) is 4. The fourth-order valence-electron chi connectivity index (χ4n) is 3.64. The van der Waals surface area contributed by atoms with Gasteiger partial charge in [-0.2, -0.15) is 11.8 Å². The van der Waals surface area contributed by atoms with Crippen LogP contribution in [0.25, 0.3) is 0 Å². The van der Waals surface area contributed by atoms with Crippen LogP contribution in [0.5, 0.6) is 0 Å². The van der Waals surface area contributed by atoms with E-state index in [0.717, 1.165) is 23.0 Å². The molecule has 7 heteroatoms. The molecule has 0 radical (unpaired) electrons. The normalized spacial score (nSPS) is 15.1. The van der Waals surface area contributed by atoms with Gasteiger partial charge in [-0.3, -0.25) is 10.1 Å². The molecule has 5 nitrogen and oxygen atoms in total. The van der Waals surface area contributed by atoms with Crippen molar-refractivity contribution in [3.05, 3.63) is 71.0 Å². The Morgan fingerprint density at radius 2 is 1.71 bits per heavy atom. The van der Waals surface area contributed by atoms with Crippen molar-refractivity contribution in [3.63, 3.8) is 0 Å². The molecule has 0 unspecified atom stereocenters. The highest BCUT2D eigenvalue weighted by Gasteiger charge is 2.25. The molecule has 2 aromatic carbocycles. The molecule has 1 aliphatic rings. The lowest BCUT2D eigenvalue weighted by Crippen LogP contribution is -2.41. The van der Waals surface area contributed by atoms with Crippen molar-refractivity contribution in [2.75, 3.05) is 12.3 Å². The second kappa shape index (κ2) is 11.6. The number of benzene rings is 2. The van der Waals surface area contributed by atoms with Gasteiger partial charge in [0.1, 0.15) is 5.82 Å². The van der Waals surface area contributed by atoms with E-state index in [1.54, 1.807) is 24.3 Å². The Bertz CT molecular complexity index is 822. The van der Waals surface area contributed by atoms with Crippen LogP contribution in [-0.2, 0) is 12.5 Å². The monoisotopic (exact) mass is 446 g/mol. The van der Waals surface area contributed by atoms with Crippen LogP contribution in [0.4, 0.5) is 4.39 Å². The topological polar surface area (TPSA) is 81.6 Å². The smallest absolute Gasteiger partial charge is 0.251 e. The Kier molecular flexibility index (Phi) is 8.90. The summed E-state index contributed by atoms with van der Waals surface area (Å²) in [6, 6.07) is 11.9. The lowest BCUT2D eigenvalue weighted by atomic mass is 10.0. The molecule has 0 heterocycles. The van der Waals surface area contributed by atoms with E-state index < -0.39 is 11.7 Å². The molecular formula is C24H31FN2O3S. The van der Waals surface area contributed by atoms with E-state index >= 15 is 0 Å². The second-order valence-electron chi connectivity index (χ2n) is 7.97. The lowest BCUT2D eigenvalue weighted by molar-refractivity contribution is -0.196. The van der Waals surface area contributed by atoms with Gasteiger partial charge in [0.25, 0.3) is 11.8 Å². The van der Waals surface area contributed by atoms with E-state index in [9.17, 15) is 19.4 Å². The third-order valence-electron chi connectivity index (χ3n) is 5.51. The van der Waals surface area contributed by atoms with Gasteiger partial charge >= 0.3 is 0 Å². The minimum atomic E-state index is -2.28. The molecule has 1 fully saturated rings. The number of amides is 1. The van der Waals surface area contributed by atoms with Crippen molar-refractivity contribution in [3.8, 4) is 0 Å². The Morgan fingerprint density at radius 3 is 2.39 bits per heavy atom. The first-order valence-electron chi connectivity index (χ1n) is 10.9. The minimum Gasteiger partial charge on any atom is -0.352 e. The first kappa shape index (κ1) is 23.7. The Balaban J connectivity index is 1.38. The summed E-state index contributed by atoms with van der Waals surface area (Å²) in [4.78, 5) is 12.3. The van der Waals surface area contributed by atoms with E-state index in [0.29, 0.717) is 12.1 Å². The molecule has 168 valence electrons. The minimum absolute atomic E-state index is 0.104. The van der Waals surface area contributed by atoms with Crippen LogP contribution in [0.15, 0.2) is 48.5 Å². The predicted molar refractivity (Wildman–Crippen MR) is 122 cm³/mol. The Labute approximate surface area is 187 Å². The number of hydrogen-bond acceptors (Lipinski definition) is 5. The van der Waals surface area contributed by atoms with Gasteiger partial charge in [0.05, 0.1) is 0 Å². The number of thioether (sulfide) groups is 1. The molecule has 4 N–H and O–H groups in total. The average molecular weight is 447 g/mol. The molecular weight excluding hydrogens is 415 g/mol. The third-order valence-corrected chi connectivity index (χ3v) is 6.98. The fraction of sp³-hybridized carbons (Fsp3) is 0.458. The zero-order valence-electron chi connectivity index (χ0n) is 17.6. The first-order valence-corrected chi connectivity index (χ1v) is 11.9. The number of nitrogens with one attached hydrogen (secondary N) is 2. The largest absolute Gasteiger partial charge is 0.352 e. The summed E-state index contributed by atoms with van der Waals surface area (Å²) in [5, 5.41) is 26.7. The fourth-order valence-corrected chi connectivity index (χ4v) is 4.95. The number of aliphatic hydroxyl groups is 2. The van der Waals surface area contributed by atoms with E-state index in [2.05, 4.69) is 10.6 Å². The highest BCUT2D eigenvalue weighted by molar-refractivity contribution is 7.99. The highest BCUT2D eigenvalue weighted by Crippen LogP contribution is 2.28. The van der Waals surface area contributed by atoms with Crippen molar-refractivity contribution < 1.29 is 19.4 Å². The first-order chi connectivity index (χ1) is 14.9. The maximum absolute atomic E-state index is 13.0. The van der Waals surface area contributed by atoms with Gasteiger partial charge in [0, 0.05) is 29.5 Å². The summed E-state index contributed by atoms with van der Waals surface area (Å²) in [5.74, 6) is -1.75. The molecule has 0 spiro atoms. The van der Waals surface area contributed by atoms with Gasteiger partial charge in [-0.05, 0) is 67.0 Å². The van der Waals surface area contributed by atoms with Crippen LogP contribution >= 0.6 is 11.8 Å². The van der Waals surface area contributed by atoms with Gasteiger partial charge < -0.3 is 15.5 Å². The van der Waals surface area contributed by atoms with Crippen molar-refractivity contribution >= 4 is 17.7 Å². The summed E-state index contributed by atoms with van der Waals surface area (Å²) in [7, 11) is 0. The molecule has 3 rings (SSSR count). The molecule has 1 saturated carbocycles. The van der Waals surface area contributed by atoms with Crippen molar-refractivity contribution in [1.82, 2.24) is 10.6 Å². The second-order valence-corrected chi connectivity index (χ2v) is 9.38. The predicted octanol–water partition coefficient (Wildman–Crippen LogP) is 3.90. The molecule has 2 aromatic rings. The standard InChI is InChI=1S/C24H31FN2O3S/c25-21-13-11-20(12-14-21)24(29,30)27-17-18-7-9-19(10-8-18)23(28)26-15-4-16-31-22-5-2-1-3-6-22/h7-14,22,27,29-30H,1-6,15-17H2,(H,26,28). The van der Waals surface area contributed by atoms with Crippen LogP contribution in [0.1, 0.15) is 60.0 Å². The zero-order chi connectivity index (χ0) is 22.1. The van der Waals surface area contributed by atoms with Crippen LogP contribution in [-0.4, -0.2) is 33.7 Å². The van der Waals surface area contributed by atoms with E-state index in [1.807, 2.05) is 11.8 Å². The summed E-state index contributed by atoms with van der Waals surface area (Å²) in [6.07, 6.45) is 7.70. The number of rotatable bonds is 10. The highest BCUT2D eigenvalue weighted by atomic mass is 32.2. The number of halogens is 1. The van der Waals surface area contributed by atoms with E-state index in [-0.39, 0.29) is 18.0 Å². The van der Waals surface area contributed by atoms with Gasteiger partial charge in [0.15, 0.2) is 0 Å². The van der Waals surface area contributed by atoms with E-state index in [1.165, 1.54) is 56.4 Å². The molecule has 0 aromatic heterocycles.